The Morgan fingerprint density at radius 3 is 2.71 bits per heavy atom. The van der Waals surface area contributed by atoms with Crippen molar-refractivity contribution in [3.8, 4) is 0 Å². The van der Waals surface area contributed by atoms with Crippen molar-refractivity contribution in [1.29, 1.82) is 0 Å². The van der Waals surface area contributed by atoms with E-state index in [1.165, 1.54) is 0 Å². The van der Waals surface area contributed by atoms with Crippen molar-refractivity contribution < 1.29 is 9.90 Å². The molecule has 0 saturated carbocycles. The summed E-state index contributed by atoms with van der Waals surface area (Å²) in [7, 11) is 0. The lowest BCUT2D eigenvalue weighted by molar-refractivity contribution is -0.145. The molecule has 3 N–H and O–H groups in total. The molecule has 2 heterocycles. The largest absolute Gasteiger partial charge is 0.480 e. The molecule has 0 amide bonds. The Labute approximate surface area is 100 Å². The second kappa shape index (κ2) is 4.81. The van der Waals surface area contributed by atoms with Crippen molar-refractivity contribution in [2.24, 2.45) is 5.73 Å². The van der Waals surface area contributed by atoms with Gasteiger partial charge in [-0.05, 0) is 25.0 Å². The van der Waals surface area contributed by atoms with E-state index in [0.717, 1.165) is 12.2 Å². The Morgan fingerprint density at radius 1 is 1.47 bits per heavy atom. The van der Waals surface area contributed by atoms with E-state index in [0.29, 0.717) is 25.9 Å². The number of hydrogen-bond acceptors (Lipinski definition) is 4. The molecule has 1 aromatic rings. The van der Waals surface area contributed by atoms with E-state index in [1.54, 1.807) is 6.20 Å². The molecule has 17 heavy (non-hydrogen) atoms. The minimum atomic E-state index is -1.04. The number of carboxylic acid groups (broad SMARTS) is 1. The van der Waals surface area contributed by atoms with Crippen LogP contribution in [0.2, 0.25) is 0 Å². The van der Waals surface area contributed by atoms with Gasteiger partial charge in [-0.3, -0.25) is 14.7 Å². The molecule has 92 valence electrons. The number of nitrogens with two attached hydrogens (primary N) is 1. The van der Waals surface area contributed by atoms with E-state index >= 15 is 0 Å². The molecule has 5 nitrogen and oxygen atoms in total. The van der Waals surface area contributed by atoms with Crippen LogP contribution in [0.3, 0.4) is 0 Å². The first-order chi connectivity index (χ1) is 8.10. The van der Waals surface area contributed by atoms with Crippen LogP contribution in [-0.4, -0.2) is 39.6 Å². The van der Waals surface area contributed by atoms with Crippen molar-refractivity contribution in [1.82, 2.24) is 9.88 Å². The molecule has 2 rings (SSSR count). The third kappa shape index (κ3) is 2.81. The van der Waals surface area contributed by atoms with Crippen LogP contribution >= 0.6 is 0 Å². The molecule has 0 spiro atoms. The molecule has 1 aromatic heterocycles. The molecule has 0 bridgehead atoms. The molecule has 1 fully saturated rings. The summed E-state index contributed by atoms with van der Waals surface area (Å²) in [5.74, 6) is -0.894. The summed E-state index contributed by atoms with van der Waals surface area (Å²) in [6.45, 7) is 2.18. The van der Waals surface area contributed by atoms with Crippen molar-refractivity contribution in [2.75, 3.05) is 13.1 Å². The van der Waals surface area contributed by atoms with Crippen molar-refractivity contribution in [2.45, 2.75) is 24.9 Å². The summed E-state index contributed by atoms with van der Waals surface area (Å²) < 4.78 is 0. The standard InChI is InChI=1S/C12H17N3O2/c13-12(11(16)17)4-7-15(8-5-12)9-10-3-1-2-6-14-10/h1-3,6H,4-5,7-9,13H2,(H,16,17). The average molecular weight is 235 g/mol. The number of rotatable bonds is 3. The molecule has 0 radical (unpaired) electrons. The van der Waals surface area contributed by atoms with Crippen LogP contribution in [0.25, 0.3) is 0 Å². The lowest BCUT2D eigenvalue weighted by atomic mass is 9.89. The number of pyridine rings is 1. The molecule has 1 aliphatic heterocycles. The third-order valence-corrected chi connectivity index (χ3v) is 3.29. The fraction of sp³-hybridized carbons (Fsp3) is 0.500. The van der Waals surface area contributed by atoms with E-state index < -0.39 is 11.5 Å². The monoisotopic (exact) mass is 235 g/mol. The second-order valence-corrected chi connectivity index (χ2v) is 4.56. The van der Waals surface area contributed by atoms with Gasteiger partial charge in [0.25, 0.3) is 0 Å². The van der Waals surface area contributed by atoms with Gasteiger partial charge in [0.1, 0.15) is 5.54 Å². The molecule has 0 aliphatic carbocycles. The van der Waals surface area contributed by atoms with E-state index in [1.807, 2.05) is 18.2 Å². The van der Waals surface area contributed by atoms with Crippen LogP contribution < -0.4 is 5.73 Å². The Hall–Kier alpha value is -1.46. The normalized spacial score (nSPS) is 20.1. The quantitative estimate of drug-likeness (QED) is 0.795. The highest BCUT2D eigenvalue weighted by molar-refractivity contribution is 5.78. The fourth-order valence-corrected chi connectivity index (χ4v) is 2.04. The highest BCUT2D eigenvalue weighted by atomic mass is 16.4. The van der Waals surface area contributed by atoms with E-state index in [2.05, 4.69) is 9.88 Å². The van der Waals surface area contributed by atoms with Crippen LogP contribution in [-0.2, 0) is 11.3 Å². The van der Waals surface area contributed by atoms with Crippen LogP contribution in [0, 0.1) is 0 Å². The van der Waals surface area contributed by atoms with E-state index in [-0.39, 0.29) is 0 Å². The summed E-state index contributed by atoms with van der Waals surface area (Å²) in [5.41, 5.74) is 5.78. The summed E-state index contributed by atoms with van der Waals surface area (Å²) >= 11 is 0. The molecular weight excluding hydrogens is 218 g/mol. The lowest BCUT2D eigenvalue weighted by Crippen LogP contribution is -2.55. The van der Waals surface area contributed by atoms with Crippen molar-refractivity contribution in [3.05, 3.63) is 30.1 Å². The summed E-state index contributed by atoms with van der Waals surface area (Å²) in [5, 5.41) is 9.02. The maximum absolute atomic E-state index is 11.0. The van der Waals surface area contributed by atoms with E-state index in [9.17, 15) is 4.79 Å². The zero-order valence-electron chi connectivity index (χ0n) is 9.67. The zero-order chi connectivity index (χ0) is 12.3. The first-order valence-electron chi connectivity index (χ1n) is 5.75. The van der Waals surface area contributed by atoms with Gasteiger partial charge in [-0.1, -0.05) is 6.07 Å². The Bertz CT molecular complexity index is 386. The SMILES string of the molecule is NC1(C(=O)O)CCN(Cc2ccccn2)CC1. The zero-order valence-corrected chi connectivity index (χ0v) is 9.67. The number of aliphatic carboxylic acids is 1. The third-order valence-electron chi connectivity index (χ3n) is 3.29. The van der Waals surface area contributed by atoms with Gasteiger partial charge in [0.05, 0.1) is 5.69 Å². The first kappa shape index (κ1) is 12.0. The number of likely N-dealkylation sites (tertiary alicyclic amines) is 1. The van der Waals surface area contributed by atoms with Gasteiger partial charge in [0.2, 0.25) is 0 Å². The highest BCUT2D eigenvalue weighted by Crippen LogP contribution is 2.20. The Morgan fingerprint density at radius 2 is 2.18 bits per heavy atom. The molecule has 0 atom stereocenters. The van der Waals surface area contributed by atoms with Gasteiger partial charge in [-0.25, -0.2) is 0 Å². The van der Waals surface area contributed by atoms with Crippen molar-refractivity contribution >= 4 is 5.97 Å². The summed E-state index contributed by atoms with van der Waals surface area (Å²) in [6.07, 6.45) is 2.76. The van der Waals surface area contributed by atoms with Crippen LogP contribution in [0.15, 0.2) is 24.4 Å². The molecule has 0 aromatic carbocycles. The molecule has 0 unspecified atom stereocenters. The Kier molecular flexibility index (Phi) is 3.40. The maximum Gasteiger partial charge on any atom is 0.323 e. The highest BCUT2D eigenvalue weighted by Gasteiger charge is 2.37. The number of aromatic nitrogens is 1. The Balaban J connectivity index is 1.90. The smallest absolute Gasteiger partial charge is 0.323 e. The topological polar surface area (TPSA) is 79.5 Å². The van der Waals surface area contributed by atoms with Crippen LogP contribution in [0.5, 0.6) is 0 Å². The van der Waals surface area contributed by atoms with Gasteiger partial charge >= 0.3 is 5.97 Å². The maximum atomic E-state index is 11.0. The number of nitrogens with zero attached hydrogens (tertiary/aromatic N) is 2. The predicted octanol–water partition coefficient (Wildman–Crippen LogP) is 0.459. The number of hydrogen-bond donors (Lipinski definition) is 2. The van der Waals surface area contributed by atoms with Gasteiger partial charge in [-0.15, -0.1) is 0 Å². The summed E-state index contributed by atoms with van der Waals surface area (Å²) in [4.78, 5) is 17.4. The van der Waals surface area contributed by atoms with Gasteiger partial charge < -0.3 is 10.8 Å². The van der Waals surface area contributed by atoms with Crippen LogP contribution in [0.4, 0.5) is 0 Å². The predicted molar refractivity (Wildman–Crippen MR) is 63.3 cm³/mol. The lowest BCUT2D eigenvalue weighted by Gasteiger charge is -2.35. The fourth-order valence-electron chi connectivity index (χ4n) is 2.04. The molecule has 5 heteroatoms. The minimum absolute atomic E-state index is 0.495. The summed E-state index contributed by atoms with van der Waals surface area (Å²) in [6, 6.07) is 5.81. The molecule has 1 aliphatic rings. The second-order valence-electron chi connectivity index (χ2n) is 4.56. The number of carboxylic acids is 1. The van der Waals surface area contributed by atoms with Gasteiger partial charge in [-0.2, -0.15) is 0 Å². The minimum Gasteiger partial charge on any atom is -0.480 e. The molecular formula is C12H17N3O2. The molecule has 1 saturated heterocycles. The van der Waals surface area contributed by atoms with Gasteiger partial charge in [0, 0.05) is 25.8 Å². The average Bonchev–Trinajstić information content (AvgIpc) is 2.33. The van der Waals surface area contributed by atoms with Crippen molar-refractivity contribution in [3.63, 3.8) is 0 Å². The number of piperidine rings is 1. The van der Waals surface area contributed by atoms with E-state index in [4.69, 9.17) is 10.8 Å². The van der Waals surface area contributed by atoms with Gasteiger partial charge in [0.15, 0.2) is 0 Å². The first-order valence-corrected chi connectivity index (χ1v) is 5.75. The van der Waals surface area contributed by atoms with Crippen LogP contribution in [0.1, 0.15) is 18.5 Å². The number of carbonyl (C=O) groups is 1.